The van der Waals surface area contributed by atoms with Crippen molar-refractivity contribution in [3.8, 4) is 0 Å². The van der Waals surface area contributed by atoms with Gasteiger partial charge in [-0.2, -0.15) is 12.6 Å². The Kier molecular flexibility index (Phi) is 15.0. The molecule has 0 aliphatic heterocycles. The van der Waals surface area contributed by atoms with Crippen LogP contribution in [0, 0.1) is 0 Å². The minimum atomic E-state index is -4.25. The van der Waals surface area contributed by atoms with Crippen LogP contribution in [0.1, 0.15) is 0 Å². The Hall–Kier alpha value is -1.13. The Bertz CT molecular complexity index is 538. The number of aliphatic carboxylic acids is 1. The zero-order valence-electron chi connectivity index (χ0n) is 16.4. The summed E-state index contributed by atoms with van der Waals surface area (Å²) in [5.41, 5.74) is 0. The van der Waals surface area contributed by atoms with E-state index in [1.165, 1.54) is 24.3 Å². The van der Waals surface area contributed by atoms with Crippen LogP contribution in [0.15, 0.2) is 35.2 Å². The van der Waals surface area contributed by atoms with Gasteiger partial charge in [-0.15, -0.1) is 0 Å². The molecule has 25 heavy (non-hydrogen) atoms. The van der Waals surface area contributed by atoms with Gasteiger partial charge in [-0.1, -0.05) is 18.2 Å². The smallest absolute Gasteiger partial charge is 0.124 e. The van der Waals surface area contributed by atoms with Crippen LogP contribution in [0.2, 0.25) is 0 Å². The molecule has 0 saturated heterocycles. The third kappa shape index (κ3) is 45.0. The molecule has 0 radical (unpaired) electrons. The number of carbonyl (C=O) groups excluding carboxylic acids is 1. The van der Waals surface area contributed by atoms with Crippen LogP contribution >= 0.6 is 12.6 Å². The molecule has 0 amide bonds. The molecule has 0 spiro atoms. The second-order valence-electron chi connectivity index (χ2n) is 7.66. The Labute approximate surface area is 158 Å². The number of thiol groups is 1. The first kappa shape index (κ1) is 28.7. The van der Waals surface area contributed by atoms with Crippen LogP contribution in [0.4, 0.5) is 0 Å². The minimum Gasteiger partial charge on any atom is -0.744 e. The lowest BCUT2D eigenvalue weighted by molar-refractivity contribution is -0.849. The highest BCUT2D eigenvalue weighted by atomic mass is 32.2. The highest BCUT2D eigenvalue weighted by Gasteiger charge is 1.95. The lowest BCUT2D eigenvalue weighted by Gasteiger charge is -2.14. The zero-order valence-corrected chi connectivity index (χ0v) is 18.1. The molecule has 1 aromatic carbocycles. The monoisotopic (exact) mass is 396 g/mol. The number of rotatable bonds is 2. The fourth-order valence-electron chi connectivity index (χ4n) is 0.587. The zero-order chi connectivity index (χ0) is 20.9. The number of carboxylic acid groups (broad SMARTS) is 1. The van der Waals surface area contributed by atoms with Crippen molar-refractivity contribution in [1.29, 1.82) is 0 Å². The fourth-order valence-corrected chi connectivity index (χ4v) is 1.08. The molecule has 148 valence electrons. The molecular formula is C16H32N2O5S2. The van der Waals surface area contributed by atoms with E-state index in [9.17, 15) is 22.9 Å². The molecule has 0 bridgehead atoms. The maximum absolute atomic E-state index is 10.3. The molecule has 0 aliphatic carbocycles. The molecule has 0 saturated carbocycles. The van der Waals surface area contributed by atoms with Crippen LogP contribution < -0.4 is 5.11 Å². The van der Waals surface area contributed by atoms with Crippen molar-refractivity contribution in [3.05, 3.63) is 30.3 Å². The molecule has 0 unspecified atom stereocenters. The van der Waals surface area contributed by atoms with Gasteiger partial charge >= 0.3 is 0 Å². The van der Waals surface area contributed by atoms with Gasteiger partial charge in [0.15, 0.2) is 0 Å². The fraction of sp³-hybridized carbons (Fsp3) is 0.562. The normalized spacial score (nSPS) is 10.8. The van der Waals surface area contributed by atoms with Crippen molar-refractivity contribution in [2.45, 2.75) is 4.90 Å². The summed E-state index contributed by atoms with van der Waals surface area (Å²) in [7, 11) is 12.7. The van der Waals surface area contributed by atoms with Gasteiger partial charge < -0.3 is 23.4 Å². The summed E-state index contributed by atoms with van der Waals surface area (Å²) >= 11 is 3.35. The van der Waals surface area contributed by atoms with Gasteiger partial charge in [-0.05, 0) is 12.1 Å². The lowest BCUT2D eigenvalue weighted by atomic mass is 10.4. The highest BCUT2D eigenvalue weighted by molar-refractivity contribution is 7.85. The van der Waals surface area contributed by atoms with Crippen LogP contribution in [0.3, 0.4) is 0 Å². The quantitative estimate of drug-likeness (QED) is 0.428. The molecule has 0 aliphatic rings. The molecule has 0 N–H and O–H groups in total. The molecule has 1 rings (SSSR count). The van der Waals surface area contributed by atoms with E-state index in [4.69, 9.17) is 0 Å². The van der Waals surface area contributed by atoms with Gasteiger partial charge in [-0.3, -0.25) is 0 Å². The van der Waals surface area contributed by atoms with Crippen molar-refractivity contribution >= 4 is 28.7 Å². The molecule has 0 aromatic heterocycles. The Morgan fingerprint density at radius 1 is 0.920 bits per heavy atom. The maximum atomic E-state index is 10.3. The van der Waals surface area contributed by atoms with Crippen molar-refractivity contribution in [2.75, 3.05) is 62.1 Å². The summed E-state index contributed by atoms with van der Waals surface area (Å²) in [5.74, 6) is -1.33. The van der Waals surface area contributed by atoms with Crippen LogP contribution in [0.25, 0.3) is 0 Å². The summed E-state index contributed by atoms with van der Waals surface area (Å²) in [5, 5.41) is 9.18. The van der Waals surface area contributed by atoms with Crippen LogP contribution in [-0.4, -0.2) is 90.0 Å². The standard InChI is InChI=1S/C6H6O3S.2C4H12N.C2H4O2S/c7-10(8,9)6-4-2-1-3-5-6;2*1-5(2,3)4;3-2(4)1-5/h1-5H,(H,7,8,9);2*1-4H3;5H,1H2,(H,3,4)/q;2*+1;/p-2. The predicted octanol–water partition coefficient (Wildman–Crippen LogP) is -0.0984. The van der Waals surface area contributed by atoms with Gasteiger partial charge in [0.25, 0.3) is 0 Å². The van der Waals surface area contributed by atoms with E-state index in [1.807, 2.05) is 0 Å². The minimum absolute atomic E-state index is 0.185. The number of hydrogen-bond donors (Lipinski definition) is 1. The largest absolute Gasteiger partial charge is 0.744 e. The van der Waals surface area contributed by atoms with Crippen molar-refractivity contribution in [3.63, 3.8) is 0 Å². The van der Waals surface area contributed by atoms with E-state index in [0.717, 1.165) is 8.97 Å². The first-order chi connectivity index (χ1) is 10.9. The molecular weight excluding hydrogens is 364 g/mol. The number of nitrogens with zero attached hydrogens (tertiary/aromatic N) is 2. The first-order valence-corrected chi connectivity index (χ1v) is 9.31. The molecule has 1 aromatic rings. The second kappa shape index (κ2) is 13.1. The third-order valence-corrected chi connectivity index (χ3v) is 2.27. The lowest BCUT2D eigenvalue weighted by Crippen LogP contribution is -2.27. The van der Waals surface area contributed by atoms with E-state index in [0.29, 0.717) is 0 Å². The Morgan fingerprint density at radius 3 is 1.28 bits per heavy atom. The molecule has 0 atom stereocenters. The van der Waals surface area contributed by atoms with Gasteiger partial charge in [0.2, 0.25) is 0 Å². The Morgan fingerprint density at radius 2 is 1.16 bits per heavy atom. The number of hydrogen-bond acceptors (Lipinski definition) is 6. The van der Waals surface area contributed by atoms with Crippen LogP contribution in [-0.2, 0) is 14.9 Å². The van der Waals surface area contributed by atoms with E-state index in [1.54, 1.807) is 6.07 Å². The number of carbonyl (C=O) groups is 1. The molecule has 0 fully saturated rings. The average molecular weight is 397 g/mol. The number of carboxylic acids is 1. The van der Waals surface area contributed by atoms with Gasteiger partial charge in [-0.25, -0.2) is 8.42 Å². The van der Waals surface area contributed by atoms with Crippen molar-refractivity contribution in [1.82, 2.24) is 0 Å². The molecule has 0 heterocycles. The van der Waals surface area contributed by atoms with Gasteiger partial charge in [0.05, 0.1) is 67.2 Å². The Balaban J connectivity index is -0.000000279. The summed E-state index contributed by atoms with van der Waals surface area (Å²) in [4.78, 5) is 9.00. The summed E-state index contributed by atoms with van der Waals surface area (Å²) in [6, 6.07) is 7.19. The average Bonchev–Trinajstić information content (AvgIpc) is 2.35. The number of benzene rings is 1. The van der Waals surface area contributed by atoms with E-state index in [2.05, 4.69) is 69.0 Å². The topological polar surface area (TPSA) is 97.3 Å². The SMILES string of the molecule is C[N+](C)(C)C.C[N+](C)(C)C.O=C([O-])CS.O=S(=O)([O-])c1ccccc1. The summed E-state index contributed by atoms with van der Waals surface area (Å²) < 4.78 is 32.8. The molecule has 9 heteroatoms. The summed E-state index contributed by atoms with van der Waals surface area (Å²) in [6.07, 6.45) is 0. The van der Waals surface area contributed by atoms with Crippen LogP contribution in [0.5, 0.6) is 0 Å². The maximum Gasteiger partial charge on any atom is 0.124 e. The first-order valence-electron chi connectivity index (χ1n) is 7.27. The van der Waals surface area contributed by atoms with E-state index < -0.39 is 16.1 Å². The number of quaternary nitrogens is 2. The third-order valence-electron chi connectivity index (χ3n) is 1.16. The van der Waals surface area contributed by atoms with Gasteiger partial charge in [0, 0.05) is 5.75 Å². The van der Waals surface area contributed by atoms with Gasteiger partial charge in [0.1, 0.15) is 10.1 Å². The van der Waals surface area contributed by atoms with Crippen molar-refractivity contribution in [2.24, 2.45) is 0 Å². The van der Waals surface area contributed by atoms with E-state index in [-0.39, 0.29) is 10.6 Å². The summed E-state index contributed by atoms with van der Waals surface area (Å²) in [6.45, 7) is 0. The second-order valence-corrected chi connectivity index (χ2v) is 9.36. The predicted molar refractivity (Wildman–Crippen MR) is 101 cm³/mol. The van der Waals surface area contributed by atoms with E-state index >= 15 is 0 Å². The highest BCUT2D eigenvalue weighted by Crippen LogP contribution is 2.04. The van der Waals surface area contributed by atoms with Crippen molar-refractivity contribution < 1.29 is 31.8 Å². The molecule has 7 nitrogen and oxygen atoms in total.